The Morgan fingerprint density at radius 2 is 2.42 bits per heavy atom. The van der Waals surface area contributed by atoms with E-state index in [-0.39, 0.29) is 0 Å². The maximum atomic E-state index is 5.52. The second kappa shape index (κ2) is 6.17. The smallest absolute Gasteiger partial charge is 0.188 e. The highest BCUT2D eigenvalue weighted by atomic mass is 32.1. The third kappa shape index (κ3) is 3.67. The highest BCUT2D eigenvalue weighted by Gasteiger charge is 2.07. The predicted molar refractivity (Wildman–Crippen MR) is 78.0 cm³/mol. The maximum absolute atomic E-state index is 5.52. The molecule has 0 bridgehead atoms. The van der Waals surface area contributed by atoms with E-state index in [4.69, 9.17) is 15.9 Å². The molecule has 2 heterocycles. The van der Waals surface area contributed by atoms with Crippen LogP contribution in [-0.4, -0.2) is 17.9 Å². The highest BCUT2D eigenvalue weighted by molar-refractivity contribution is 7.14. The monoisotopic (exact) mass is 277 g/mol. The summed E-state index contributed by atoms with van der Waals surface area (Å²) < 4.78 is 5.52. The fraction of sp³-hybridized carbons (Fsp3) is 0.167. The Morgan fingerprint density at radius 3 is 3.11 bits per heavy atom. The zero-order chi connectivity index (χ0) is 13.7. The lowest BCUT2D eigenvalue weighted by atomic mass is 10.3. The van der Waals surface area contributed by atoms with Crippen LogP contribution in [0.25, 0.3) is 11.5 Å². The molecule has 0 amide bonds. The quantitative estimate of drug-likeness (QED) is 0.551. The number of furan rings is 1. The van der Waals surface area contributed by atoms with Gasteiger partial charge in [0.2, 0.25) is 0 Å². The summed E-state index contributed by atoms with van der Waals surface area (Å²) in [6.45, 7) is 4.33. The van der Waals surface area contributed by atoms with Crippen LogP contribution in [0.15, 0.2) is 39.2 Å². The number of nitrogens with one attached hydrogen (secondary N) is 1. The Balaban J connectivity index is 1.98. The normalized spacial score (nSPS) is 11.0. The summed E-state index contributed by atoms with van der Waals surface area (Å²) >= 11 is 1.46. The van der Waals surface area contributed by atoms with Crippen molar-refractivity contribution in [3.63, 3.8) is 0 Å². The number of anilines is 1. The van der Waals surface area contributed by atoms with Gasteiger partial charge >= 0.3 is 0 Å². The standard InChI is InChI=1S/C12H15N5OS/c1-8(14)5-15-7-16-12-17-10(6-19-12)11-3-2-9(4-13)18-11/h2-3,6-7H,1,4-5,13-14H2,(H,15,16,17). The van der Waals surface area contributed by atoms with Gasteiger partial charge in [0.15, 0.2) is 10.9 Å². The molecule has 6 nitrogen and oxygen atoms in total. The number of aromatic nitrogens is 1. The molecule has 0 radical (unpaired) electrons. The van der Waals surface area contributed by atoms with Crippen LogP contribution in [0.3, 0.4) is 0 Å². The third-order valence-electron chi connectivity index (χ3n) is 2.19. The Bertz CT molecular complexity index is 586. The molecule has 0 unspecified atom stereocenters. The van der Waals surface area contributed by atoms with Crippen LogP contribution in [0, 0.1) is 0 Å². The Hall–Kier alpha value is -2.12. The maximum Gasteiger partial charge on any atom is 0.188 e. The van der Waals surface area contributed by atoms with E-state index < -0.39 is 0 Å². The molecule has 0 saturated heterocycles. The van der Waals surface area contributed by atoms with E-state index in [2.05, 4.69) is 21.9 Å². The van der Waals surface area contributed by atoms with Gasteiger partial charge in [-0.25, -0.2) is 4.98 Å². The number of rotatable bonds is 6. The van der Waals surface area contributed by atoms with E-state index in [9.17, 15) is 0 Å². The molecule has 0 saturated carbocycles. The van der Waals surface area contributed by atoms with Crippen molar-refractivity contribution in [3.8, 4) is 11.5 Å². The first-order valence-corrected chi connectivity index (χ1v) is 6.49. The van der Waals surface area contributed by atoms with Gasteiger partial charge in [0.1, 0.15) is 11.5 Å². The molecule has 7 heteroatoms. The summed E-state index contributed by atoms with van der Waals surface area (Å²) in [6.07, 6.45) is 1.55. The predicted octanol–water partition coefficient (Wildman–Crippen LogP) is 1.77. The van der Waals surface area contributed by atoms with Crippen molar-refractivity contribution in [2.24, 2.45) is 16.5 Å². The van der Waals surface area contributed by atoms with Gasteiger partial charge in [-0.1, -0.05) is 6.58 Å². The average Bonchev–Trinajstić information content (AvgIpc) is 3.02. The lowest BCUT2D eigenvalue weighted by Gasteiger charge is -1.94. The van der Waals surface area contributed by atoms with Crippen LogP contribution in [0.4, 0.5) is 5.13 Å². The first kappa shape index (κ1) is 13.3. The Morgan fingerprint density at radius 1 is 1.58 bits per heavy atom. The minimum Gasteiger partial charge on any atom is -0.458 e. The van der Waals surface area contributed by atoms with Crippen molar-refractivity contribution in [2.75, 3.05) is 11.9 Å². The van der Waals surface area contributed by atoms with E-state index in [1.165, 1.54) is 11.3 Å². The fourth-order valence-electron chi connectivity index (χ4n) is 1.34. The van der Waals surface area contributed by atoms with Crippen molar-refractivity contribution in [3.05, 3.63) is 35.5 Å². The van der Waals surface area contributed by atoms with E-state index in [0.717, 1.165) is 16.6 Å². The molecule has 2 rings (SSSR count). The fourth-order valence-corrected chi connectivity index (χ4v) is 2.01. The number of nitrogens with zero attached hydrogens (tertiary/aromatic N) is 2. The first-order chi connectivity index (χ1) is 9.19. The summed E-state index contributed by atoms with van der Waals surface area (Å²) in [5.74, 6) is 1.44. The van der Waals surface area contributed by atoms with Crippen LogP contribution < -0.4 is 16.8 Å². The molecule has 2 aromatic heterocycles. The van der Waals surface area contributed by atoms with Crippen LogP contribution in [-0.2, 0) is 6.54 Å². The SMILES string of the molecule is C=C(N)CN=CNc1nc(-c2ccc(CN)o2)cs1. The van der Waals surface area contributed by atoms with Gasteiger partial charge in [-0.3, -0.25) is 4.99 Å². The topological polar surface area (TPSA) is 102 Å². The van der Waals surface area contributed by atoms with Gasteiger partial charge in [0.05, 0.1) is 19.4 Å². The second-order valence-corrected chi connectivity index (χ2v) is 4.64. The molecular weight excluding hydrogens is 262 g/mol. The lowest BCUT2D eigenvalue weighted by Crippen LogP contribution is -2.01. The third-order valence-corrected chi connectivity index (χ3v) is 2.97. The lowest BCUT2D eigenvalue weighted by molar-refractivity contribution is 0.524. The number of thiazole rings is 1. The molecule has 0 aliphatic carbocycles. The molecule has 0 atom stereocenters. The van der Waals surface area contributed by atoms with E-state index in [0.29, 0.717) is 24.5 Å². The molecule has 100 valence electrons. The summed E-state index contributed by atoms with van der Waals surface area (Å²) in [6, 6.07) is 3.70. The summed E-state index contributed by atoms with van der Waals surface area (Å²) in [5, 5.41) is 5.59. The minimum atomic E-state index is 0.380. The van der Waals surface area contributed by atoms with Crippen LogP contribution in [0.1, 0.15) is 5.76 Å². The molecule has 19 heavy (non-hydrogen) atoms. The number of nitrogens with two attached hydrogens (primary N) is 2. The van der Waals surface area contributed by atoms with E-state index in [1.54, 1.807) is 6.34 Å². The minimum absolute atomic E-state index is 0.380. The molecule has 0 spiro atoms. The van der Waals surface area contributed by atoms with Crippen molar-refractivity contribution >= 4 is 22.8 Å². The Labute approximate surface area is 114 Å². The molecule has 0 aliphatic heterocycles. The molecule has 0 aromatic carbocycles. The van der Waals surface area contributed by atoms with Crippen LogP contribution in [0.5, 0.6) is 0 Å². The van der Waals surface area contributed by atoms with Crippen molar-refractivity contribution in [2.45, 2.75) is 6.54 Å². The zero-order valence-corrected chi connectivity index (χ0v) is 11.1. The summed E-state index contributed by atoms with van der Waals surface area (Å²) in [7, 11) is 0. The van der Waals surface area contributed by atoms with Gasteiger partial charge in [-0.2, -0.15) is 0 Å². The van der Waals surface area contributed by atoms with Crippen LogP contribution >= 0.6 is 11.3 Å². The highest BCUT2D eigenvalue weighted by Crippen LogP contribution is 2.26. The summed E-state index contributed by atoms with van der Waals surface area (Å²) in [5.41, 5.74) is 12.2. The number of hydrogen-bond acceptors (Lipinski definition) is 6. The largest absolute Gasteiger partial charge is 0.458 e. The average molecular weight is 277 g/mol. The van der Waals surface area contributed by atoms with Crippen LogP contribution in [0.2, 0.25) is 0 Å². The van der Waals surface area contributed by atoms with Gasteiger partial charge in [0.25, 0.3) is 0 Å². The molecule has 0 fully saturated rings. The molecule has 2 aromatic rings. The van der Waals surface area contributed by atoms with Gasteiger partial charge < -0.3 is 21.2 Å². The second-order valence-electron chi connectivity index (χ2n) is 3.78. The number of aliphatic imine (C=N–C) groups is 1. The van der Waals surface area contributed by atoms with E-state index >= 15 is 0 Å². The van der Waals surface area contributed by atoms with Crippen molar-refractivity contribution in [1.29, 1.82) is 0 Å². The van der Waals surface area contributed by atoms with Crippen molar-refractivity contribution in [1.82, 2.24) is 4.98 Å². The van der Waals surface area contributed by atoms with Crippen molar-refractivity contribution < 1.29 is 4.42 Å². The Kier molecular flexibility index (Phi) is 4.32. The molecular formula is C12H15N5OS. The van der Waals surface area contributed by atoms with Gasteiger partial charge in [0, 0.05) is 11.1 Å². The zero-order valence-electron chi connectivity index (χ0n) is 10.3. The summed E-state index contributed by atoms with van der Waals surface area (Å²) in [4.78, 5) is 8.40. The molecule has 5 N–H and O–H groups in total. The first-order valence-electron chi connectivity index (χ1n) is 5.62. The van der Waals surface area contributed by atoms with E-state index in [1.807, 2.05) is 17.5 Å². The number of hydrogen-bond donors (Lipinski definition) is 3. The van der Waals surface area contributed by atoms with Gasteiger partial charge in [-0.15, -0.1) is 11.3 Å². The van der Waals surface area contributed by atoms with Gasteiger partial charge in [-0.05, 0) is 12.1 Å². The molecule has 0 aliphatic rings.